The molecule has 10 atom stereocenters. The number of Topliss-reactive ketones (excluding diaryl/α,β-unsaturated/α-hetero) is 1. The lowest BCUT2D eigenvalue weighted by Gasteiger charge is -2.71. The van der Waals surface area contributed by atoms with E-state index in [9.17, 15) is 19.8 Å². The second kappa shape index (κ2) is 11.3. The lowest BCUT2D eigenvalue weighted by atomic mass is 9.32. The maximum absolute atomic E-state index is 15.1. The van der Waals surface area contributed by atoms with Crippen molar-refractivity contribution in [3.05, 3.63) is 82.1 Å². The van der Waals surface area contributed by atoms with E-state index in [2.05, 4.69) is 38.1 Å². The molecule has 2 N–H and O–H groups in total. The van der Waals surface area contributed by atoms with Gasteiger partial charge in [-0.15, -0.1) is 11.3 Å². The zero-order chi connectivity index (χ0) is 37.5. The SMILES string of the molecule is CC12CCC(C(=O)N(CCc3cccs3)CC3(O)CCC4C56C=CC7(C=C5C(=O)c5ccccc5)CC(O)CCC7(C)C6CCC43C)(OC1=O)C2(C)C. The van der Waals surface area contributed by atoms with E-state index in [4.69, 9.17) is 4.74 Å². The van der Waals surface area contributed by atoms with Crippen LogP contribution in [0.5, 0.6) is 0 Å². The van der Waals surface area contributed by atoms with Gasteiger partial charge in [-0.25, -0.2) is 0 Å². The minimum atomic E-state index is -1.27. The van der Waals surface area contributed by atoms with Gasteiger partial charge in [0.25, 0.3) is 5.91 Å². The number of nitrogens with zero attached hydrogens (tertiary/aromatic N) is 1. The van der Waals surface area contributed by atoms with Gasteiger partial charge in [-0.05, 0) is 99.8 Å². The first-order valence-corrected chi connectivity index (χ1v) is 20.9. The van der Waals surface area contributed by atoms with Crippen LogP contribution in [0.1, 0.15) is 108 Å². The summed E-state index contributed by atoms with van der Waals surface area (Å²) in [4.78, 5) is 46.3. The number of benzene rings is 1. The van der Waals surface area contributed by atoms with Crippen LogP contribution >= 0.6 is 11.3 Å². The van der Waals surface area contributed by atoms with Gasteiger partial charge in [-0.1, -0.05) is 82.3 Å². The van der Waals surface area contributed by atoms with Crippen molar-refractivity contribution in [3.8, 4) is 0 Å². The Balaban J connectivity index is 1.12. The molecular formula is C45H55NO6S. The maximum atomic E-state index is 15.1. The summed E-state index contributed by atoms with van der Waals surface area (Å²) in [5.41, 5.74) is -4.12. The van der Waals surface area contributed by atoms with Crippen LogP contribution in [-0.2, 0) is 20.7 Å². The van der Waals surface area contributed by atoms with Gasteiger partial charge in [0.2, 0.25) is 0 Å². The number of amides is 1. The van der Waals surface area contributed by atoms with Crippen LogP contribution in [0, 0.1) is 44.3 Å². The number of rotatable bonds is 8. The second-order valence-corrected chi connectivity index (χ2v) is 20.3. The number of fused-ring (bicyclic) bond motifs is 3. The molecule has 5 fully saturated rings. The highest BCUT2D eigenvalue weighted by atomic mass is 32.1. The summed E-state index contributed by atoms with van der Waals surface area (Å²) in [7, 11) is 0. The Morgan fingerprint density at radius 3 is 2.28 bits per heavy atom. The first-order valence-electron chi connectivity index (χ1n) is 20.0. The van der Waals surface area contributed by atoms with E-state index in [0.717, 1.165) is 37.7 Å². The van der Waals surface area contributed by atoms with E-state index in [1.165, 1.54) is 4.88 Å². The Labute approximate surface area is 317 Å². The van der Waals surface area contributed by atoms with E-state index >= 15 is 4.79 Å². The third-order valence-corrected chi connectivity index (χ3v) is 18.3. The number of hydrogen-bond acceptors (Lipinski definition) is 7. The number of carbonyl (C=O) groups excluding carboxylic acids is 3. The molecule has 10 rings (SSSR count). The van der Waals surface area contributed by atoms with Crippen LogP contribution in [0.15, 0.2) is 71.6 Å². The van der Waals surface area contributed by atoms with E-state index < -0.39 is 44.4 Å². The Bertz CT molecular complexity index is 1940. The molecule has 0 radical (unpaired) electrons. The Hall–Kier alpha value is -3.07. The van der Waals surface area contributed by atoms with E-state index in [1.807, 2.05) is 67.4 Å². The molecule has 2 heterocycles. The van der Waals surface area contributed by atoms with Gasteiger partial charge in [0.15, 0.2) is 11.4 Å². The number of thiophene rings is 1. The van der Waals surface area contributed by atoms with Crippen molar-refractivity contribution >= 4 is 29.0 Å². The zero-order valence-electron chi connectivity index (χ0n) is 32.0. The lowest BCUT2D eigenvalue weighted by molar-refractivity contribution is -0.187. The first kappa shape index (κ1) is 35.6. The number of aliphatic hydroxyl groups excluding tert-OH is 1. The van der Waals surface area contributed by atoms with Crippen molar-refractivity contribution in [3.63, 3.8) is 0 Å². The van der Waals surface area contributed by atoms with Gasteiger partial charge in [0.1, 0.15) is 0 Å². The topological polar surface area (TPSA) is 104 Å². The van der Waals surface area contributed by atoms with Crippen molar-refractivity contribution in [2.45, 2.75) is 116 Å². The van der Waals surface area contributed by atoms with Crippen LogP contribution < -0.4 is 0 Å². The standard InChI is InChI=1S/C45H55NO6S/c1-38(2)41(5)20-23-45(38,52-37(41)50)36(49)46(24-16-31-12-9-25-53-31)28-43(51)19-15-34-40(43,4)18-14-33-39(3)17-13-30(47)26-42(39)21-22-44(33,34)32(27-42)35(48)29-10-7-6-8-11-29/h6-12,21-22,25,27,30,33-34,47,51H,13-20,23-24,26,28H2,1-5H3. The summed E-state index contributed by atoms with van der Waals surface area (Å²) in [6.07, 6.45) is 13.4. The molecule has 53 heavy (non-hydrogen) atoms. The Kier molecular flexibility index (Phi) is 7.57. The highest BCUT2D eigenvalue weighted by Gasteiger charge is 2.78. The quantitative estimate of drug-likeness (QED) is 0.164. The summed E-state index contributed by atoms with van der Waals surface area (Å²) in [5, 5.41) is 26.4. The molecule has 7 aliphatic carbocycles. The van der Waals surface area contributed by atoms with Crippen LogP contribution in [0.4, 0.5) is 0 Å². The number of aliphatic hydroxyl groups is 2. The average molecular weight is 738 g/mol. The maximum Gasteiger partial charge on any atom is 0.313 e. The molecule has 7 nitrogen and oxygen atoms in total. The van der Waals surface area contributed by atoms with Gasteiger partial charge in [0.05, 0.1) is 23.7 Å². The Morgan fingerprint density at radius 2 is 1.60 bits per heavy atom. The van der Waals surface area contributed by atoms with E-state index in [-0.39, 0.29) is 41.5 Å². The van der Waals surface area contributed by atoms with Crippen LogP contribution in [0.25, 0.3) is 0 Å². The van der Waals surface area contributed by atoms with Gasteiger partial charge < -0.3 is 19.8 Å². The minimum Gasteiger partial charge on any atom is -0.448 e. The highest BCUT2D eigenvalue weighted by molar-refractivity contribution is 7.09. The number of ether oxygens (including phenoxy) is 1. The average Bonchev–Trinajstić information content (AvgIpc) is 3.84. The molecule has 2 spiro atoms. The third-order valence-electron chi connectivity index (χ3n) is 17.4. The normalized spacial score (nSPS) is 44.2. The van der Waals surface area contributed by atoms with Crippen molar-refractivity contribution in [2.24, 2.45) is 44.3 Å². The number of hydrogen-bond donors (Lipinski definition) is 2. The fraction of sp³-hybridized carbons (Fsp3) is 0.622. The van der Waals surface area contributed by atoms with Crippen LogP contribution in [-0.4, -0.2) is 63.2 Å². The molecule has 1 aromatic heterocycles. The van der Waals surface area contributed by atoms with Crippen LogP contribution in [0.2, 0.25) is 0 Å². The van der Waals surface area contributed by atoms with Gasteiger partial charge >= 0.3 is 5.97 Å². The molecule has 2 aromatic rings. The van der Waals surface area contributed by atoms with Gasteiger partial charge in [0, 0.05) is 44.2 Å². The summed E-state index contributed by atoms with van der Waals surface area (Å²) >= 11 is 1.66. The summed E-state index contributed by atoms with van der Waals surface area (Å²) in [5.74, 6) is -0.283. The smallest absolute Gasteiger partial charge is 0.313 e. The number of allylic oxidation sites excluding steroid dienone is 4. The predicted molar refractivity (Wildman–Crippen MR) is 204 cm³/mol. The van der Waals surface area contributed by atoms with E-state index in [0.29, 0.717) is 44.2 Å². The minimum absolute atomic E-state index is 0.0289. The van der Waals surface area contributed by atoms with Crippen molar-refractivity contribution in [2.75, 3.05) is 13.1 Å². The molecule has 1 aromatic carbocycles. The highest BCUT2D eigenvalue weighted by Crippen LogP contribution is 2.78. The first-order chi connectivity index (χ1) is 25.0. The van der Waals surface area contributed by atoms with Gasteiger partial charge in [-0.3, -0.25) is 14.4 Å². The molecule has 8 aliphatic rings. The predicted octanol–water partition coefficient (Wildman–Crippen LogP) is 7.72. The summed E-state index contributed by atoms with van der Waals surface area (Å²) in [6, 6.07) is 13.7. The zero-order valence-corrected chi connectivity index (χ0v) is 32.8. The summed E-state index contributed by atoms with van der Waals surface area (Å²) in [6.45, 7) is 11.1. The van der Waals surface area contributed by atoms with Crippen molar-refractivity contribution in [1.29, 1.82) is 0 Å². The fourth-order valence-corrected chi connectivity index (χ4v) is 14.3. The molecule has 4 saturated carbocycles. The number of ketones is 1. The van der Waals surface area contributed by atoms with Gasteiger partial charge in [-0.2, -0.15) is 0 Å². The van der Waals surface area contributed by atoms with E-state index in [1.54, 1.807) is 11.3 Å². The number of carbonyl (C=O) groups is 3. The second-order valence-electron chi connectivity index (χ2n) is 19.2. The fourth-order valence-electron chi connectivity index (χ4n) is 13.6. The molecule has 1 amide bonds. The molecule has 10 unspecified atom stereocenters. The molecule has 282 valence electrons. The molecule has 8 heteroatoms. The van der Waals surface area contributed by atoms with Crippen LogP contribution in [0.3, 0.4) is 0 Å². The number of esters is 1. The largest absolute Gasteiger partial charge is 0.448 e. The Morgan fingerprint density at radius 1 is 0.887 bits per heavy atom. The molecule has 1 saturated heterocycles. The third kappa shape index (κ3) is 4.27. The van der Waals surface area contributed by atoms with Crippen molar-refractivity contribution in [1.82, 2.24) is 4.90 Å². The molecular weight excluding hydrogens is 683 g/mol. The van der Waals surface area contributed by atoms with Crippen molar-refractivity contribution < 1.29 is 29.3 Å². The molecule has 4 bridgehead atoms. The lowest BCUT2D eigenvalue weighted by Crippen LogP contribution is -2.68. The monoisotopic (exact) mass is 737 g/mol. The summed E-state index contributed by atoms with van der Waals surface area (Å²) < 4.78 is 6.15. The molecule has 1 aliphatic heterocycles.